The van der Waals surface area contributed by atoms with Crippen LogP contribution in [0.2, 0.25) is 5.02 Å². The van der Waals surface area contributed by atoms with Crippen molar-refractivity contribution in [3.05, 3.63) is 51.5 Å². The summed E-state index contributed by atoms with van der Waals surface area (Å²) in [6.07, 6.45) is 0. The Kier molecular flexibility index (Phi) is 5.09. The van der Waals surface area contributed by atoms with E-state index in [0.29, 0.717) is 22.1 Å². The molecule has 0 aliphatic heterocycles. The van der Waals surface area contributed by atoms with Gasteiger partial charge in [-0.15, -0.1) is 0 Å². The molecular weight excluding hydrogens is 356 g/mol. The standard InChI is InChI=1S/C15H14BrClN2O2/c1-9-6-11(17)3-5-14(9)21-8-15(20)19-13-4-2-10(16)7-12(13)18/h2-7H,8,18H2,1H3,(H,19,20). The number of hydrogen-bond acceptors (Lipinski definition) is 3. The number of anilines is 2. The van der Waals surface area contributed by atoms with E-state index in [4.69, 9.17) is 22.1 Å². The summed E-state index contributed by atoms with van der Waals surface area (Å²) < 4.78 is 6.32. The third-order valence-electron chi connectivity index (χ3n) is 2.78. The topological polar surface area (TPSA) is 64.3 Å². The largest absolute Gasteiger partial charge is 0.483 e. The predicted octanol–water partition coefficient (Wildman–Crippen LogP) is 4.01. The summed E-state index contributed by atoms with van der Waals surface area (Å²) in [5, 5.41) is 3.33. The highest BCUT2D eigenvalue weighted by Crippen LogP contribution is 2.24. The van der Waals surface area contributed by atoms with Crippen LogP contribution in [0.5, 0.6) is 5.75 Å². The Bertz CT molecular complexity index is 677. The first-order valence-electron chi connectivity index (χ1n) is 6.19. The lowest BCUT2D eigenvalue weighted by atomic mass is 10.2. The van der Waals surface area contributed by atoms with Crippen molar-refractivity contribution in [1.29, 1.82) is 0 Å². The van der Waals surface area contributed by atoms with Crippen LogP contribution in [0, 0.1) is 6.92 Å². The number of nitrogen functional groups attached to an aromatic ring is 1. The van der Waals surface area contributed by atoms with Crippen molar-refractivity contribution in [2.75, 3.05) is 17.7 Å². The molecule has 2 rings (SSSR count). The number of carbonyl (C=O) groups is 1. The van der Waals surface area contributed by atoms with Crippen LogP contribution in [0.1, 0.15) is 5.56 Å². The van der Waals surface area contributed by atoms with Crippen molar-refractivity contribution >= 4 is 44.8 Å². The summed E-state index contributed by atoms with van der Waals surface area (Å²) in [4.78, 5) is 11.9. The van der Waals surface area contributed by atoms with E-state index in [-0.39, 0.29) is 12.5 Å². The highest BCUT2D eigenvalue weighted by atomic mass is 79.9. The smallest absolute Gasteiger partial charge is 0.262 e. The Balaban J connectivity index is 1.96. The van der Waals surface area contributed by atoms with Crippen molar-refractivity contribution < 1.29 is 9.53 Å². The van der Waals surface area contributed by atoms with Crippen LogP contribution in [0.4, 0.5) is 11.4 Å². The zero-order valence-electron chi connectivity index (χ0n) is 11.3. The van der Waals surface area contributed by atoms with Crippen LogP contribution in [0.25, 0.3) is 0 Å². The maximum absolute atomic E-state index is 11.9. The van der Waals surface area contributed by atoms with E-state index in [0.717, 1.165) is 10.0 Å². The Morgan fingerprint density at radius 3 is 2.76 bits per heavy atom. The van der Waals surface area contributed by atoms with Gasteiger partial charge in [-0.05, 0) is 48.9 Å². The molecule has 0 spiro atoms. The van der Waals surface area contributed by atoms with E-state index >= 15 is 0 Å². The van der Waals surface area contributed by atoms with Gasteiger partial charge < -0.3 is 15.8 Å². The number of amides is 1. The molecule has 110 valence electrons. The molecule has 0 fully saturated rings. The van der Waals surface area contributed by atoms with Crippen LogP contribution < -0.4 is 15.8 Å². The number of rotatable bonds is 4. The average Bonchev–Trinajstić information content (AvgIpc) is 2.41. The Hall–Kier alpha value is -1.72. The second kappa shape index (κ2) is 6.83. The summed E-state index contributed by atoms with van der Waals surface area (Å²) in [5.74, 6) is 0.344. The second-order valence-electron chi connectivity index (χ2n) is 4.48. The number of carbonyl (C=O) groups excluding carboxylic acids is 1. The molecule has 1 amide bonds. The number of aryl methyl sites for hydroxylation is 1. The van der Waals surface area contributed by atoms with E-state index in [2.05, 4.69) is 21.2 Å². The monoisotopic (exact) mass is 368 g/mol. The molecule has 4 nitrogen and oxygen atoms in total. The van der Waals surface area contributed by atoms with Gasteiger partial charge in [-0.1, -0.05) is 27.5 Å². The lowest BCUT2D eigenvalue weighted by Gasteiger charge is -2.11. The lowest BCUT2D eigenvalue weighted by Crippen LogP contribution is -2.21. The van der Waals surface area contributed by atoms with Crippen molar-refractivity contribution in [1.82, 2.24) is 0 Å². The lowest BCUT2D eigenvalue weighted by molar-refractivity contribution is -0.118. The van der Waals surface area contributed by atoms with Crippen molar-refractivity contribution in [2.24, 2.45) is 0 Å². The molecule has 0 aliphatic rings. The van der Waals surface area contributed by atoms with Gasteiger partial charge in [-0.3, -0.25) is 4.79 Å². The molecule has 0 bridgehead atoms. The number of nitrogens with one attached hydrogen (secondary N) is 1. The zero-order valence-corrected chi connectivity index (χ0v) is 13.7. The molecule has 0 saturated heterocycles. The second-order valence-corrected chi connectivity index (χ2v) is 5.83. The quantitative estimate of drug-likeness (QED) is 0.800. The Morgan fingerprint density at radius 1 is 1.33 bits per heavy atom. The van der Waals surface area contributed by atoms with Crippen LogP contribution in [0.15, 0.2) is 40.9 Å². The van der Waals surface area contributed by atoms with Gasteiger partial charge in [0.15, 0.2) is 6.61 Å². The molecule has 3 N–H and O–H groups in total. The highest BCUT2D eigenvalue weighted by molar-refractivity contribution is 9.10. The SMILES string of the molecule is Cc1cc(Cl)ccc1OCC(=O)Nc1ccc(Br)cc1N. The van der Waals surface area contributed by atoms with Crippen LogP contribution in [0.3, 0.4) is 0 Å². The fraction of sp³-hybridized carbons (Fsp3) is 0.133. The first kappa shape index (κ1) is 15.7. The fourth-order valence-corrected chi connectivity index (χ4v) is 2.36. The fourth-order valence-electron chi connectivity index (χ4n) is 1.75. The minimum absolute atomic E-state index is 0.0992. The summed E-state index contributed by atoms with van der Waals surface area (Å²) >= 11 is 9.17. The van der Waals surface area contributed by atoms with E-state index in [1.807, 2.05) is 6.92 Å². The zero-order chi connectivity index (χ0) is 15.4. The number of nitrogens with two attached hydrogens (primary N) is 1. The van der Waals surface area contributed by atoms with Gasteiger partial charge in [-0.2, -0.15) is 0 Å². The molecule has 2 aromatic rings. The molecule has 0 atom stereocenters. The molecular formula is C15H14BrClN2O2. The molecule has 0 unspecified atom stereocenters. The van der Waals surface area contributed by atoms with Gasteiger partial charge in [0.05, 0.1) is 11.4 Å². The highest BCUT2D eigenvalue weighted by Gasteiger charge is 2.08. The van der Waals surface area contributed by atoms with Gasteiger partial charge in [0.1, 0.15) is 5.75 Å². The van der Waals surface area contributed by atoms with Crippen molar-refractivity contribution in [3.8, 4) is 5.75 Å². The van der Waals surface area contributed by atoms with Gasteiger partial charge in [0, 0.05) is 9.50 Å². The van der Waals surface area contributed by atoms with Gasteiger partial charge >= 0.3 is 0 Å². The molecule has 2 aromatic carbocycles. The average molecular weight is 370 g/mol. The van der Waals surface area contributed by atoms with Crippen molar-refractivity contribution in [2.45, 2.75) is 6.92 Å². The predicted molar refractivity (Wildman–Crippen MR) is 88.9 cm³/mol. The van der Waals surface area contributed by atoms with E-state index in [1.54, 1.807) is 36.4 Å². The number of halogens is 2. The van der Waals surface area contributed by atoms with Crippen LogP contribution in [-0.4, -0.2) is 12.5 Å². The Morgan fingerprint density at radius 2 is 2.10 bits per heavy atom. The van der Waals surface area contributed by atoms with Crippen molar-refractivity contribution in [3.63, 3.8) is 0 Å². The van der Waals surface area contributed by atoms with Crippen LogP contribution >= 0.6 is 27.5 Å². The number of benzene rings is 2. The third kappa shape index (κ3) is 4.37. The van der Waals surface area contributed by atoms with Crippen LogP contribution in [-0.2, 0) is 4.79 Å². The van der Waals surface area contributed by atoms with Gasteiger partial charge in [0.25, 0.3) is 5.91 Å². The molecule has 0 aromatic heterocycles. The normalized spacial score (nSPS) is 10.2. The molecule has 0 saturated carbocycles. The molecule has 0 aliphatic carbocycles. The maximum Gasteiger partial charge on any atom is 0.262 e. The minimum atomic E-state index is -0.279. The van der Waals surface area contributed by atoms with E-state index < -0.39 is 0 Å². The molecule has 6 heteroatoms. The molecule has 0 radical (unpaired) electrons. The molecule has 0 heterocycles. The molecule has 21 heavy (non-hydrogen) atoms. The summed E-state index contributed by atoms with van der Waals surface area (Å²) in [6, 6.07) is 10.5. The van der Waals surface area contributed by atoms with E-state index in [1.165, 1.54) is 0 Å². The Labute approximate surface area is 136 Å². The summed E-state index contributed by atoms with van der Waals surface area (Å²) in [6.45, 7) is 1.77. The van der Waals surface area contributed by atoms with E-state index in [9.17, 15) is 4.79 Å². The number of ether oxygens (including phenoxy) is 1. The summed E-state index contributed by atoms with van der Waals surface area (Å²) in [5.41, 5.74) is 7.73. The first-order chi connectivity index (χ1) is 9.95. The summed E-state index contributed by atoms with van der Waals surface area (Å²) in [7, 11) is 0. The van der Waals surface area contributed by atoms with Gasteiger partial charge in [-0.25, -0.2) is 0 Å². The maximum atomic E-state index is 11.9. The van der Waals surface area contributed by atoms with Gasteiger partial charge in [0.2, 0.25) is 0 Å². The first-order valence-corrected chi connectivity index (χ1v) is 7.36. The minimum Gasteiger partial charge on any atom is -0.483 e. The third-order valence-corrected chi connectivity index (χ3v) is 3.51. The number of hydrogen-bond donors (Lipinski definition) is 2.